The highest BCUT2D eigenvalue weighted by Crippen LogP contribution is 2.25. The fourth-order valence-electron chi connectivity index (χ4n) is 3.38. The number of hydrogen-bond acceptors (Lipinski definition) is 8. The molecule has 7 nitrogen and oxygen atoms in total. The summed E-state index contributed by atoms with van der Waals surface area (Å²) in [6.45, 7) is 7.15. The number of Topliss-reactive ketones (excluding diaryl/α,β-unsaturated/α-hetero) is 1. The van der Waals surface area contributed by atoms with Crippen LogP contribution in [0.15, 0.2) is 29.6 Å². The molecule has 1 aliphatic rings. The monoisotopic (exact) mass is 417 g/mol. The first-order valence-electron chi connectivity index (χ1n) is 9.74. The summed E-state index contributed by atoms with van der Waals surface area (Å²) in [4.78, 5) is 34.1. The molecular weight excluding hydrogens is 390 g/mol. The van der Waals surface area contributed by atoms with Crippen LogP contribution in [0.5, 0.6) is 5.75 Å². The molecule has 1 aromatic carbocycles. The number of nitrogens with zero attached hydrogens (tertiary/aromatic N) is 3. The van der Waals surface area contributed by atoms with Crippen LogP contribution < -0.4 is 9.64 Å². The smallest absolute Gasteiger partial charge is 0.323 e. The standard InChI is InChI=1S/C21H27N3O4S/c1-4-28-21(26)19(20-22-15(2)14-29-20)18(25)13-23-8-10-24(11-9-23)16-6-5-7-17(12-16)27-3/h5-7,12,14,19H,4,8-11,13H2,1-3H3/t19-/m0/s1. The Balaban J connectivity index is 1.61. The molecule has 2 heterocycles. The summed E-state index contributed by atoms with van der Waals surface area (Å²) in [6.07, 6.45) is 0. The molecule has 0 spiro atoms. The first-order chi connectivity index (χ1) is 14.0. The van der Waals surface area contributed by atoms with E-state index in [1.54, 1.807) is 14.0 Å². The van der Waals surface area contributed by atoms with Gasteiger partial charge >= 0.3 is 5.97 Å². The van der Waals surface area contributed by atoms with Gasteiger partial charge in [0.1, 0.15) is 10.8 Å². The SMILES string of the molecule is CCOC(=O)[C@@H](C(=O)CN1CCN(c2cccc(OC)c2)CC1)c1nc(C)cs1. The third kappa shape index (κ3) is 5.33. The zero-order valence-corrected chi connectivity index (χ0v) is 17.9. The third-order valence-corrected chi connectivity index (χ3v) is 5.93. The Morgan fingerprint density at radius 2 is 2.00 bits per heavy atom. The molecule has 2 aromatic rings. The van der Waals surface area contributed by atoms with Crippen molar-refractivity contribution in [1.29, 1.82) is 0 Å². The van der Waals surface area contributed by atoms with Gasteiger partial charge in [-0.3, -0.25) is 14.5 Å². The van der Waals surface area contributed by atoms with E-state index >= 15 is 0 Å². The number of thiazole rings is 1. The zero-order valence-electron chi connectivity index (χ0n) is 17.1. The molecule has 1 saturated heterocycles. The summed E-state index contributed by atoms with van der Waals surface area (Å²) >= 11 is 1.33. The van der Waals surface area contributed by atoms with E-state index in [-0.39, 0.29) is 18.9 Å². The van der Waals surface area contributed by atoms with Crippen molar-refractivity contribution in [3.05, 3.63) is 40.3 Å². The van der Waals surface area contributed by atoms with Gasteiger partial charge < -0.3 is 14.4 Å². The molecule has 0 amide bonds. The Hall–Kier alpha value is -2.45. The van der Waals surface area contributed by atoms with Crippen LogP contribution in [0.3, 0.4) is 0 Å². The van der Waals surface area contributed by atoms with Crippen LogP contribution in [0.25, 0.3) is 0 Å². The third-order valence-electron chi connectivity index (χ3n) is 4.90. The number of esters is 1. The van der Waals surface area contributed by atoms with E-state index in [2.05, 4.69) is 20.9 Å². The van der Waals surface area contributed by atoms with E-state index < -0.39 is 11.9 Å². The lowest BCUT2D eigenvalue weighted by molar-refractivity contribution is -0.148. The number of aryl methyl sites for hydroxylation is 1. The summed E-state index contributed by atoms with van der Waals surface area (Å²) < 4.78 is 10.4. The van der Waals surface area contributed by atoms with E-state index in [0.717, 1.165) is 43.3 Å². The summed E-state index contributed by atoms with van der Waals surface area (Å²) in [5, 5.41) is 2.36. The molecule has 29 heavy (non-hydrogen) atoms. The minimum Gasteiger partial charge on any atom is -0.497 e. The first kappa shape index (κ1) is 21.3. The van der Waals surface area contributed by atoms with Crippen LogP contribution >= 0.6 is 11.3 Å². The Bertz CT molecular complexity index is 846. The summed E-state index contributed by atoms with van der Waals surface area (Å²) in [5.74, 6) is -0.782. The van der Waals surface area contributed by atoms with Gasteiger partial charge in [-0.25, -0.2) is 4.98 Å². The highest BCUT2D eigenvalue weighted by atomic mass is 32.1. The molecule has 0 aliphatic carbocycles. The van der Waals surface area contributed by atoms with Gasteiger partial charge in [0.05, 0.1) is 20.3 Å². The van der Waals surface area contributed by atoms with Crippen molar-refractivity contribution in [3.63, 3.8) is 0 Å². The van der Waals surface area contributed by atoms with E-state index in [0.29, 0.717) is 5.01 Å². The number of piperazine rings is 1. The molecule has 1 aliphatic heterocycles. The van der Waals surface area contributed by atoms with Crippen molar-refractivity contribution in [3.8, 4) is 5.75 Å². The van der Waals surface area contributed by atoms with E-state index in [9.17, 15) is 9.59 Å². The van der Waals surface area contributed by atoms with Crippen LogP contribution in [0.4, 0.5) is 5.69 Å². The fourth-order valence-corrected chi connectivity index (χ4v) is 4.29. The van der Waals surface area contributed by atoms with Gasteiger partial charge in [-0.05, 0) is 26.0 Å². The number of ether oxygens (including phenoxy) is 2. The zero-order chi connectivity index (χ0) is 20.8. The second kappa shape index (κ2) is 9.84. The average Bonchev–Trinajstić information content (AvgIpc) is 3.14. The molecule has 3 rings (SSSR count). The first-order valence-corrected chi connectivity index (χ1v) is 10.6. The Labute approximate surface area is 175 Å². The summed E-state index contributed by atoms with van der Waals surface area (Å²) in [6, 6.07) is 7.98. The highest BCUT2D eigenvalue weighted by molar-refractivity contribution is 7.10. The second-order valence-corrected chi connectivity index (χ2v) is 7.83. The van der Waals surface area contributed by atoms with Gasteiger partial charge in [0.2, 0.25) is 0 Å². The number of aromatic nitrogens is 1. The maximum Gasteiger partial charge on any atom is 0.323 e. The molecule has 1 aromatic heterocycles. The second-order valence-electron chi connectivity index (χ2n) is 6.94. The number of ketones is 1. The summed E-state index contributed by atoms with van der Waals surface area (Å²) in [5.41, 5.74) is 1.91. The molecule has 1 fully saturated rings. The summed E-state index contributed by atoms with van der Waals surface area (Å²) in [7, 11) is 1.66. The lowest BCUT2D eigenvalue weighted by atomic mass is 10.0. The van der Waals surface area contributed by atoms with Gasteiger partial charge in [0.15, 0.2) is 11.7 Å². The molecule has 0 bridgehead atoms. The fraction of sp³-hybridized carbons (Fsp3) is 0.476. The lowest BCUT2D eigenvalue weighted by Crippen LogP contribution is -2.48. The molecule has 1 atom stereocenters. The average molecular weight is 418 g/mol. The molecule has 0 N–H and O–H groups in total. The van der Waals surface area contributed by atoms with Gasteiger partial charge in [-0.2, -0.15) is 0 Å². The lowest BCUT2D eigenvalue weighted by Gasteiger charge is -2.36. The van der Waals surface area contributed by atoms with Crippen molar-refractivity contribution in [2.45, 2.75) is 19.8 Å². The van der Waals surface area contributed by atoms with Crippen molar-refractivity contribution in [2.75, 3.05) is 51.3 Å². The van der Waals surface area contributed by atoms with Crippen LogP contribution in [0.1, 0.15) is 23.5 Å². The predicted molar refractivity (Wildman–Crippen MR) is 113 cm³/mol. The quantitative estimate of drug-likeness (QED) is 0.483. The molecular formula is C21H27N3O4S. The topological polar surface area (TPSA) is 72.0 Å². The van der Waals surface area contributed by atoms with Crippen molar-refractivity contribution in [2.24, 2.45) is 0 Å². The predicted octanol–water partition coefficient (Wildman–Crippen LogP) is 2.50. The van der Waals surface area contributed by atoms with Gasteiger partial charge in [-0.15, -0.1) is 11.3 Å². The Morgan fingerprint density at radius 3 is 2.62 bits per heavy atom. The van der Waals surface area contributed by atoms with Crippen molar-refractivity contribution in [1.82, 2.24) is 9.88 Å². The van der Waals surface area contributed by atoms with Crippen LogP contribution in [-0.2, 0) is 14.3 Å². The normalized spacial score (nSPS) is 15.8. The number of methoxy groups -OCH3 is 1. The van der Waals surface area contributed by atoms with Crippen molar-refractivity contribution < 1.29 is 19.1 Å². The molecule has 0 unspecified atom stereocenters. The Morgan fingerprint density at radius 1 is 1.24 bits per heavy atom. The molecule has 156 valence electrons. The maximum atomic E-state index is 13.0. The van der Waals surface area contributed by atoms with Crippen LogP contribution in [0, 0.1) is 6.92 Å². The van der Waals surface area contributed by atoms with Gasteiger partial charge in [0.25, 0.3) is 0 Å². The number of hydrogen-bond donors (Lipinski definition) is 0. The van der Waals surface area contributed by atoms with Gasteiger partial charge in [-0.1, -0.05) is 6.07 Å². The number of anilines is 1. The van der Waals surface area contributed by atoms with Crippen LogP contribution in [0.2, 0.25) is 0 Å². The number of benzene rings is 1. The minimum atomic E-state index is -0.940. The maximum absolute atomic E-state index is 13.0. The minimum absolute atomic E-state index is 0.160. The number of rotatable bonds is 8. The molecule has 8 heteroatoms. The Kier molecular flexibility index (Phi) is 7.22. The molecule has 0 radical (unpaired) electrons. The van der Waals surface area contributed by atoms with Crippen molar-refractivity contribution >= 4 is 28.8 Å². The number of carbonyl (C=O) groups excluding carboxylic acids is 2. The largest absolute Gasteiger partial charge is 0.497 e. The van der Waals surface area contributed by atoms with Gasteiger partial charge in [0, 0.05) is 49.0 Å². The molecule has 0 saturated carbocycles. The van der Waals surface area contributed by atoms with E-state index in [4.69, 9.17) is 9.47 Å². The van der Waals surface area contributed by atoms with E-state index in [1.165, 1.54) is 11.3 Å². The van der Waals surface area contributed by atoms with E-state index in [1.807, 2.05) is 30.5 Å². The van der Waals surface area contributed by atoms with Crippen LogP contribution in [-0.4, -0.2) is 68.1 Å². The number of carbonyl (C=O) groups is 2. The highest BCUT2D eigenvalue weighted by Gasteiger charge is 2.34.